The van der Waals surface area contributed by atoms with Gasteiger partial charge in [0.15, 0.2) is 0 Å². The molecule has 1 fully saturated rings. The summed E-state index contributed by atoms with van der Waals surface area (Å²) in [6.45, 7) is 10.8. The van der Waals surface area contributed by atoms with Gasteiger partial charge in [0.25, 0.3) is 0 Å². The first-order chi connectivity index (χ1) is 18.4. The van der Waals surface area contributed by atoms with Crippen LogP contribution >= 0.6 is 11.6 Å². The minimum atomic E-state index is 0.179. The number of rotatable bonds is 8. The maximum absolute atomic E-state index is 6.25. The van der Waals surface area contributed by atoms with E-state index in [1.54, 1.807) is 0 Å². The lowest BCUT2D eigenvalue weighted by Gasteiger charge is -2.26. The lowest BCUT2D eigenvalue weighted by atomic mass is 9.86. The Labute approximate surface area is 230 Å². The number of nitrogens with one attached hydrogen (secondary N) is 1. The average molecular weight is 536 g/mol. The summed E-state index contributed by atoms with van der Waals surface area (Å²) in [5.74, 6) is 2.74. The van der Waals surface area contributed by atoms with Crippen LogP contribution in [0.2, 0.25) is 5.02 Å². The summed E-state index contributed by atoms with van der Waals surface area (Å²) in [7, 11) is 4.26. The minimum absolute atomic E-state index is 0.179. The number of aromatic nitrogens is 3. The molecule has 2 aromatic heterocycles. The van der Waals surface area contributed by atoms with Gasteiger partial charge in [-0.05, 0) is 71.1 Å². The monoisotopic (exact) mass is 535 g/mol. The zero-order chi connectivity index (χ0) is 26.6. The number of likely N-dealkylation sites (N-methyl/N-ethyl adjacent to an activating group) is 1. The van der Waals surface area contributed by atoms with E-state index in [2.05, 4.69) is 57.5 Å². The Bertz CT molecular complexity index is 1270. The van der Waals surface area contributed by atoms with Crippen molar-refractivity contribution < 1.29 is 4.52 Å². The normalized spacial score (nSPS) is 18.1. The van der Waals surface area contributed by atoms with Crippen LogP contribution in [0.4, 0.5) is 11.8 Å². The van der Waals surface area contributed by atoms with Crippen molar-refractivity contribution in [2.75, 3.05) is 63.6 Å². The first-order valence-electron chi connectivity index (χ1n) is 13.5. The van der Waals surface area contributed by atoms with Gasteiger partial charge >= 0.3 is 0 Å². The van der Waals surface area contributed by atoms with Crippen LogP contribution in [0.1, 0.15) is 46.2 Å². The van der Waals surface area contributed by atoms with E-state index < -0.39 is 0 Å². The van der Waals surface area contributed by atoms with Crippen LogP contribution in [-0.2, 0) is 13.0 Å². The molecule has 1 saturated heterocycles. The molecular weight excluding hydrogens is 498 g/mol. The number of nitrogens with zero attached hydrogens (tertiary/aromatic N) is 6. The van der Waals surface area contributed by atoms with Crippen molar-refractivity contribution in [1.29, 1.82) is 0 Å². The predicted octanol–water partition coefficient (Wildman–Crippen LogP) is 4.77. The molecule has 202 valence electrons. The molecule has 1 aromatic carbocycles. The molecule has 3 aromatic rings. The summed E-state index contributed by atoms with van der Waals surface area (Å²) >= 11 is 6.25. The Balaban J connectivity index is 1.42. The van der Waals surface area contributed by atoms with Gasteiger partial charge < -0.3 is 24.5 Å². The molecule has 9 heteroatoms. The second-order valence-electron chi connectivity index (χ2n) is 10.6. The third-order valence-electron chi connectivity index (χ3n) is 7.48. The number of hydrogen-bond acceptors (Lipinski definition) is 8. The van der Waals surface area contributed by atoms with Crippen molar-refractivity contribution in [3.63, 3.8) is 0 Å². The summed E-state index contributed by atoms with van der Waals surface area (Å²) in [6, 6.07) is 7.95. The smallest absolute Gasteiger partial charge is 0.227 e. The van der Waals surface area contributed by atoms with E-state index in [9.17, 15) is 0 Å². The largest absolute Gasteiger partial charge is 0.366 e. The molecule has 2 aliphatic rings. The number of halogens is 1. The summed E-state index contributed by atoms with van der Waals surface area (Å²) in [4.78, 5) is 17.3. The van der Waals surface area contributed by atoms with Gasteiger partial charge in [-0.15, -0.1) is 0 Å². The third kappa shape index (κ3) is 6.20. The van der Waals surface area contributed by atoms with Gasteiger partial charge in [-0.2, -0.15) is 4.98 Å². The fourth-order valence-corrected chi connectivity index (χ4v) is 5.61. The first-order valence-corrected chi connectivity index (χ1v) is 13.9. The van der Waals surface area contributed by atoms with E-state index in [-0.39, 0.29) is 5.92 Å². The van der Waals surface area contributed by atoms with E-state index in [1.807, 2.05) is 32.0 Å². The van der Waals surface area contributed by atoms with Crippen LogP contribution in [0.15, 0.2) is 34.9 Å². The summed E-state index contributed by atoms with van der Waals surface area (Å²) < 4.78 is 5.48. The lowest BCUT2D eigenvalue weighted by molar-refractivity contribution is 0.254. The zero-order valence-corrected chi connectivity index (χ0v) is 23.6. The highest BCUT2D eigenvalue weighted by molar-refractivity contribution is 6.30. The lowest BCUT2D eigenvalue weighted by Crippen LogP contribution is -2.35. The van der Waals surface area contributed by atoms with Crippen LogP contribution in [0.5, 0.6) is 0 Å². The standard InChI is InChI=1S/C29H38ClN7O/c1-20-27(21(2)38-34-20)23-9-10-26-25(18-23)28(31-19-22-7-5-8-24(30)17-22)33-29(32-26)37-12-6-11-36(15-16-37)14-13-35(3)4/h5,7-10,17,23H,6,11-16,18-19H2,1-4H3,(H,31,32,33). The Kier molecular flexibility index (Phi) is 8.31. The van der Waals surface area contributed by atoms with E-state index in [1.165, 1.54) is 0 Å². The second-order valence-corrected chi connectivity index (χ2v) is 11.0. The molecule has 1 aliphatic carbocycles. The van der Waals surface area contributed by atoms with Crippen LogP contribution in [0.25, 0.3) is 6.08 Å². The Morgan fingerprint density at radius 1 is 1.13 bits per heavy atom. The molecule has 1 unspecified atom stereocenters. The second kappa shape index (κ2) is 11.8. The van der Waals surface area contributed by atoms with E-state index >= 15 is 0 Å². The van der Waals surface area contributed by atoms with E-state index in [0.717, 1.165) is 103 Å². The summed E-state index contributed by atoms with van der Waals surface area (Å²) in [6.07, 6.45) is 6.28. The van der Waals surface area contributed by atoms with Gasteiger partial charge in [-0.1, -0.05) is 35.0 Å². The van der Waals surface area contributed by atoms with E-state index in [4.69, 9.17) is 26.1 Å². The van der Waals surface area contributed by atoms with Gasteiger partial charge in [0.2, 0.25) is 5.95 Å². The molecule has 38 heavy (non-hydrogen) atoms. The molecule has 0 saturated carbocycles. The van der Waals surface area contributed by atoms with Crippen molar-refractivity contribution in [3.05, 3.63) is 69.2 Å². The van der Waals surface area contributed by atoms with Crippen molar-refractivity contribution in [3.8, 4) is 0 Å². The Morgan fingerprint density at radius 2 is 2.00 bits per heavy atom. The highest BCUT2D eigenvalue weighted by Crippen LogP contribution is 2.36. The fraction of sp³-hybridized carbons (Fsp3) is 0.483. The SMILES string of the molecule is Cc1noc(C)c1C1C=Cc2nc(N3CCCN(CCN(C)C)CC3)nc(NCc3cccc(Cl)c3)c2C1. The fourth-order valence-electron chi connectivity index (χ4n) is 5.40. The average Bonchev–Trinajstić information content (AvgIpc) is 3.08. The van der Waals surface area contributed by atoms with Crippen molar-refractivity contribution in [2.24, 2.45) is 0 Å². The number of fused-ring (bicyclic) bond motifs is 1. The maximum atomic E-state index is 6.25. The zero-order valence-electron chi connectivity index (χ0n) is 22.9. The number of hydrogen-bond donors (Lipinski definition) is 1. The maximum Gasteiger partial charge on any atom is 0.227 e. The van der Waals surface area contributed by atoms with E-state index in [0.29, 0.717) is 6.54 Å². The van der Waals surface area contributed by atoms with Crippen molar-refractivity contribution in [2.45, 2.75) is 39.2 Å². The van der Waals surface area contributed by atoms with Gasteiger partial charge in [0.1, 0.15) is 11.6 Å². The topological polar surface area (TPSA) is 73.6 Å². The molecule has 1 aliphatic heterocycles. The van der Waals surface area contributed by atoms with Crippen LogP contribution in [0, 0.1) is 13.8 Å². The Hall–Kier alpha value is -2.94. The van der Waals surface area contributed by atoms with Gasteiger partial charge in [0.05, 0.1) is 11.4 Å². The molecule has 5 rings (SSSR count). The van der Waals surface area contributed by atoms with Gasteiger partial charge in [-0.25, -0.2) is 4.98 Å². The molecule has 0 amide bonds. The van der Waals surface area contributed by atoms with Gasteiger partial charge in [0, 0.05) is 61.3 Å². The summed E-state index contributed by atoms with van der Waals surface area (Å²) in [5, 5.41) is 8.54. The minimum Gasteiger partial charge on any atom is -0.366 e. The number of anilines is 2. The molecular formula is C29H38ClN7O. The number of allylic oxidation sites excluding steroid dienone is 1. The highest BCUT2D eigenvalue weighted by Gasteiger charge is 2.27. The molecule has 0 spiro atoms. The molecule has 8 nitrogen and oxygen atoms in total. The number of benzene rings is 1. The van der Waals surface area contributed by atoms with Crippen LogP contribution in [-0.4, -0.2) is 78.3 Å². The van der Waals surface area contributed by atoms with Gasteiger partial charge in [-0.3, -0.25) is 0 Å². The van der Waals surface area contributed by atoms with Crippen molar-refractivity contribution in [1.82, 2.24) is 24.9 Å². The number of aryl methyl sites for hydroxylation is 2. The highest BCUT2D eigenvalue weighted by atomic mass is 35.5. The Morgan fingerprint density at radius 3 is 2.76 bits per heavy atom. The van der Waals surface area contributed by atoms with Crippen LogP contribution in [0.3, 0.4) is 0 Å². The predicted molar refractivity (Wildman–Crippen MR) is 154 cm³/mol. The molecule has 1 atom stereocenters. The third-order valence-corrected chi connectivity index (χ3v) is 7.72. The molecule has 0 bridgehead atoms. The summed E-state index contributed by atoms with van der Waals surface area (Å²) in [5.41, 5.74) is 5.33. The molecule has 0 radical (unpaired) electrons. The van der Waals surface area contributed by atoms with Crippen LogP contribution < -0.4 is 10.2 Å². The van der Waals surface area contributed by atoms with Crippen molar-refractivity contribution >= 4 is 29.4 Å². The first kappa shape index (κ1) is 26.7. The molecule has 3 heterocycles. The quantitative estimate of drug-likeness (QED) is 0.442. The molecule has 1 N–H and O–H groups in total.